The predicted octanol–water partition coefficient (Wildman–Crippen LogP) is 5.61. The van der Waals surface area contributed by atoms with Gasteiger partial charge in [-0.2, -0.15) is 0 Å². The van der Waals surface area contributed by atoms with Gasteiger partial charge in [0.25, 0.3) is 5.91 Å². The van der Waals surface area contributed by atoms with Gasteiger partial charge in [-0.25, -0.2) is 4.98 Å². The third-order valence-electron chi connectivity index (χ3n) is 7.74. The first-order valence-electron chi connectivity index (χ1n) is 11.5. The fraction of sp³-hybridized carbons (Fsp3) is 0.407. The fourth-order valence-corrected chi connectivity index (χ4v) is 6.87. The number of carbonyl (C=O) groups is 1. The summed E-state index contributed by atoms with van der Waals surface area (Å²) in [5.74, 6) is 3.23. The molecule has 4 saturated carbocycles. The molecule has 1 amide bonds. The molecule has 7 rings (SSSR count). The van der Waals surface area contributed by atoms with Gasteiger partial charge in [-0.1, -0.05) is 30.3 Å². The Morgan fingerprint density at radius 3 is 2.39 bits per heavy atom. The highest BCUT2D eigenvalue weighted by Crippen LogP contribution is 2.55. The number of nitrogens with zero attached hydrogens (tertiary/aromatic N) is 1. The van der Waals surface area contributed by atoms with Crippen LogP contribution >= 0.6 is 0 Å². The van der Waals surface area contributed by atoms with E-state index in [1.807, 2.05) is 54.6 Å². The van der Waals surface area contributed by atoms with Gasteiger partial charge in [0.15, 0.2) is 0 Å². The second kappa shape index (κ2) is 7.08. The van der Waals surface area contributed by atoms with E-state index in [0.717, 1.165) is 70.5 Å². The van der Waals surface area contributed by atoms with Crippen LogP contribution in [-0.4, -0.2) is 23.5 Å². The molecule has 158 valence electrons. The maximum atomic E-state index is 13.7. The van der Waals surface area contributed by atoms with Crippen LogP contribution in [0.2, 0.25) is 0 Å². The van der Waals surface area contributed by atoms with Crippen molar-refractivity contribution in [1.82, 2.24) is 10.3 Å². The van der Waals surface area contributed by atoms with Crippen LogP contribution < -0.4 is 10.1 Å². The van der Waals surface area contributed by atoms with E-state index < -0.39 is 0 Å². The number of ether oxygens (including phenoxy) is 1. The Balaban J connectivity index is 1.39. The Kier molecular flexibility index (Phi) is 4.31. The van der Waals surface area contributed by atoms with Gasteiger partial charge in [-0.3, -0.25) is 4.79 Å². The summed E-state index contributed by atoms with van der Waals surface area (Å²) in [6.07, 6.45) is 7.55. The van der Waals surface area contributed by atoms with Gasteiger partial charge >= 0.3 is 0 Å². The molecular weight excluding hydrogens is 384 g/mol. The zero-order chi connectivity index (χ0) is 21.0. The number of fused-ring (bicyclic) bond motifs is 1. The highest BCUT2D eigenvalue weighted by molar-refractivity contribution is 6.07. The number of methoxy groups -OCH3 is 1. The minimum atomic E-state index is -0.00760. The van der Waals surface area contributed by atoms with Gasteiger partial charge in [-0.05, 0) is 80.5 Å². The molecule has 4 nitrogen and oxygen atoms in total. The van der Waals surface area contributed by atoms with Crippen molar-refractivity contribution in [3.8, 4) is 17.0 Å². The Bertz CT molecular complexity index is 1130. The fourth-order valence-electron chi connectivity index (χ4n) is 6.87. The number of benzene rings is 2. The van der Waals surface area contributed by atoms with Crippen molar-refractivity contribution in [3.05, 3.63) is 60.2 Å². The molecule has 0 spiro atoms. The molecule has 0 atom stereocenters. The van der Waals surface area contributed by atoms with Crippen molar-refractivity contribution in [1.29, 1.82) is 0 Å². The van der Waals surface area contributed by atoms with Gasteiger partial charge in [0, 0.05) is 16.5 Å². The number of para-hydroxylation sites is 1. The molecule has 0 aliphatic heterocycles. The van der Waals surface area contributed by atoms with E-state index in [-0.39, 0.29) is 11.4 Å². The van der Waals surface area contributed by atoms with Gasteiger partial charge in [-0.15, -0.1) is 0 Å². The predicted molar refractivity (Wildman–Crippen MR) is 122 cm³/mol. The van der Waals surface area contributed by atoms with Crippen molar-refractivity contribution in [2.75, 3.05) is 7.11 Å². The van der Waals surface area contributed by atoms with E-state index in [0.29, 0.717) is 0 Å². The van der Waals surface area contributed by atoms with Crippen LogP contribution in [0.1, 0.15) is 48.9 Å². The van der Waals surface area contributed by atoms with Gasteiger partial charge in [0.1, 0.15) is 5.75 Å². The van der Waals surface area contributed by atoms with Crippen LogP contribution in [0.25, 0.3) is 22.2 Å². The minimum absolute atomic E-state index is 0.00760. The Morgan fingerprint density at radius 1 is 0.968 bits per heavy atom. The zero-order valence-electron chi connectivity index (χ0n) is 17.9. The first-order chi connectivity index (χ1) is 15.1. The summed E-state index contributed by atoms with van der Waals surface area (Å²) in [7, 11) is 1.66. The second-order valence-electron chi connectivity index (χ2n) is 9.96. The van der Waals surface area contributed by atoms with Crippen molar-refractivity contribution in [2.24, 2.45) is 17.8 Å². The smallest absolute Gasteiger partial charge is 0.252 e. The van der Waals surface area contributed by atoms with Crippen molar-refractivity contribution in [3.63, 3.8) is 0 Å². The van der Waals surface area contributed by atoms with Crippen LogP contribution in [0.5, 0.6) is 5.75 Å². The van der Waals surface area contributed by atoms with Gasteiger partial charge < -0.3 is 10.1 Å². The molecule has 4 heteroatoms. The average molecular weight is 413 g/mol. The molecule has 0 radical (unpaired) electrons. The number of amides is 1. The minimum Gasteiger partial charge on any atom is -0.497 e. The number of hydrogen-bond donors (Lipinski definition) is 1. The summed E-state index contributed by atoms with van der Waals surface area (Å²) in [6, 6.07) is 17.8. The lowest BCUT2D eigenvalue weighted by molar-refractivity contribution is -0.0166. The van der Waals surface area contributed by atoms with E-state index in [9.17, 15) is 4.79 Å². The van der Waals surface area contributed by atoms with Crippen LogP contribution in [-0.2, 0) is 0 Å². The van der Waals surface area contributed by atoms with Crippen molar-refractivity contribution < 1.29 is 9.53 Å². The van der Waals surface area contributed by atoms with E-state index in [1.54, 1.807) is 7.11 Å². The van der Waals surface area contributed by atoms with Gasteiger partial charge in [0.2, 0.25) is 0 Å². The van der Waals surface area contributed by atoms with Crippen LogP contribution in [0, 0.1) is 17.8 Å². The Hall–Kier alpha value is -2.88. The molecule has 2 aromatic carbocycles. The number of rotatable bonds is 4. The quantitative estimate of drug-likeness (QED) is 0.606. The third kappa shape index (κ3) is 3.29. The SMILES string of the molecule is COc1cccc(-c2cc(C(=O)NC34CC5CC(CC(C5)C3)C4)c3ccccc3n2)c1. The molecule has 4 aliphatic rings. The number of aromatic nitrogens is 1. The van der Waals surface area contributed by atoms with Crippen LogP contribution in [0.3, 0.4) is 0 Å². The normalized spacial score (nSPS) is 28.6. The largest absolute Gasteiger partial charge is 0.497 e. The molecule has 4 aliphatic carbocycles. The summed E-state index contributed by atoms with van der Waals surface area (Å²) < 4.78 is 5.39. The highest BCUT2D eigenvalue weighted by atomic mass is 16.5. The molecular formula is C27H28N2O2. The monoisotopic (exact) mass is 412 g/mol. The van der Waals surface area contributed by atoms with Crippen LogP contribution in [0.4, 0.5) is 0 Å². The molecule has 4 fully saturated rings. The Morgan fingerprint density at radius 2 is 1.68 bits per heavy atom. The van der Waals surface area contributed by atoms with E-state index in [2.05, 4.69) is 5.32 Å². The summed E-state index contributed by atoms with van der Waals surface area (Å²) >= 11 is 0. The first-order valence-corrected chi connectivity index (χ1v) is 11.5. The lowest BCUT2D eigenvalue weighted by Gasteiger charge is -2.56. The number of nitrogens with one attached hydrogen (secondary N) is 1. The maximum absolute atomic E-state index is 13.7. The Labute approximate surface area is 183 Å². The summed E-state index contributed by atoms with van der Waals surface area (Å²) in [5, 5.41) is 4.46. The standard InChI is InChI=1S/C27H28N2O2/c1-31-21-6-4-5-20(12-21)25-13-23(22-7-2-3-8-24(22)28-25)26(30)29-27-14-17-9-18(15-27)11-19(10-17)16-27/h2-8,12-13,17-19H,9-11,14-16H2,1H3,(H,29,30). The summed E-state index contributed by atoms with van der Waals surface area (Å²) in [6.45, 7) is 0. The highest BCUT2D eigenvalue weighted by Gasteiger charge is 2.51. The van der Waals surface area contributed by atoms with Crippen LogP contribution in [0.15, 0.2) is 54.6 Å². The van der Waals surface area contributed by atoms with Gasteiger partial charge in [0.05, 0.1) is 23.9 Å². The van der Waals surface area contributed by atoms with E-state index >= 15 is 0 Å². The third-order valence-corrected chi connectivity index (χ3v) is 7.74. The lowest BCUT2D eigenvalue weighted by Crippen LogP contribution is -2.59. The summed E-state index contributed by atoms with van der Waals surface area (Å²) in [4.78, 5) is 18.5. The maximum Gasteiger partial charge on any atom is 0.252 e. The average Bonchev–Trinajstić information content (AvgIpc) is 2.77. The molecule has 0 saturated heterocycles. The molecule has 4 bridgehead atoms. The zero-order valence-corrected chi connectivity index (χ0v) is 17.9. The molecule has 31 heavy (non-hydrogen) atoms. The molecule has 0 unspecified atom stereocenters. The topological polar surface area (TPSA) is 51.2 Å². The lowest BCUT2D eigenvalue weighted by atomic mass is 9.53. The molecule has 1 aromatic heterocycles. The van der Waals surface area contributed by atoms with E-state index in [4.69, 9.17) is 9.72 Å². The number of carbonyl (C=O) groups excluding carboxylic acids is 1. The molecule has 3 aromatic rings. The number of hydrogen-bond acceptors (Lipinski definition) is 3. The number of pyridine rings is 1. The summed E-state index contributed by atoms with van der Waals surface area (Å²) in [5.41, 5.74) is 3.31. The molecule has 1 heterocycles. The van der Waals surface area contributed by atoms with Crippen molar-refractivity contribution >= 4 is 16.8 Å². The molecule has 1 N–H and O–H groups in total. The second-order valence-corrected chi connectivity index (χ2v) is 9.96. The van der Waals surface area contributed by atoms with Crippen molar-refractivity contribution in [2.45, 2.75) is 44.1 Å². The first kappa shape index (κ1) is 18.9. The van der Waals surface area contributed by atoms with E-state index in [1.165, 1.54) is 19.3 Å².